The van der Waals surface area contributed by atoms with Crippen molar-refractivity contribution in [2.45, 2.75) is 26.3 Å². The molecule has 3 aromatic rings. The fourth-order valence-corrected chi connectivity index (χ4v) is 3.19. The van der Waals surface area contributed by atoms with Gasteiger partial charge in [0, 0.05) is 19.3 Å². The van der Waals surface area contributed by atoms with Gasteiger partial charge in [-0.3, -0.25) is 14.6 Å². The SMILES string of the molecule is CCCn1c(=O)c(C(=O)NCCO)c(O)c2ncc(Cc3ccc(F)cc3)cc21. The summed E-state index contributed by atoms with van der Waals surface area (Å²) in [5, 5.41) is 21.8. The van der Waals surface area contributed by atoms with Crippen molar-refractivity contribution in [1.82, 2.24) is 14.9 Å². The van der Waals surface area contributed by atoms with Gasteiger partial charge in [0.2, 0.25) is 0 Å². The number of fused-ring (bicyclic) bond motifs is 1. The predicted octanol–water partition coefficient (Wildman–Crippen LogP) is 1.96. The van der Waals surface area contributed by atoms with Gasteiger partial charge in [0.25, 0.3) is 11.5 Å². The maximum absolute atomic E-state index is 13.1. The summed E-state index contributed by atoms with van der Waals surface area (Å²) in [4.78, 5) is 29.5. The van der Waals surface area contributed by atoms with Gasteiger partial charge >= 0.3 is 0 Å². The van der Waals surface area contributed by atoms with E-state index in [1.54, 1.807) is 24.4 Å². The molecule has 0 radical (unpaired) electrons. The van der Waals surface area contributed by atoms with Crippen molar-refractivity contribution in [3.05, 3.63) is 69.4 Å². The Labute approximate surface area is 166 Å². The molecule has 0 aliphatic carbocycles. The molecule has 29 heavy (non-hydrogen) atoms. The van der Waals surface area contributed by atoms with Gasteiger partial charge in [0.1, 0.15) is 16.9 Å². The molecular formula is C21H22FN3O4. The van der Waals surface area contributed by atoms with Crippen LogP contribution in [0, 0.1) is 5.82 Å². The normalized spacial score (nSPS) is 11.0. The number of nitrogens with one attached hydrogen (secondary N) is 1. The van der Waals surface area contributed by atoms with Gasteiger partial charge in [-0.05, 0) is 42.2 Å². The second kappa shape index (κ2) is 8.83. The van der Waals surface area contributed by atoms with Crippen LogP contribution in [0.2, 0.25) is 0 Å². The number of aryl methyl sites for hydroxylation is 1. The van der Waals surface area contributed by atoms with Crippen molar-refractivity contribution in [1.29, 1.82) is 0 Å². The number of carbonyl (C=O) groups excluding carboxylic acids is 1. The number of hydrogen-bond donors (Lipinski definition) is 3. The molecule has 3 rings (SSSR count). The minimum absolute atomic E-state index is 0.0342. The summed E-state index contributed by atoms with van der Waals surface area (Å²) in [5.74, 6) is -1.56. The average molecular weight is 399 g/mol. The first-order chi connectivity index (χ1) is 14.0. The smallest absolute Gasteiger partial charge is 0.267 e. The van der Waals surface area contributed by atoms with Crippen LogP contribution >= 0.6 is 0 Å². The number of nitrogens with zero attached hydrogens (tertiary/aromatic N) is 2. The van der Waals surface area contributed by atoms with E-state index in [1.807, 2.05) is 6.92 Å². The third kappa shape index (κ3) is 4.27. The van der Waals surface area contributed by atoms with Crippen molar-refractivity contribution in [3.63, 3.8) is 0 Å². The number of aliphatic hydroxyl groups is 1. The molecule has 8 heteroatoms. The fourth-order valence-electron chi connectivity index (χ4n) is 3.19. The number of rotatable bonds is 7. The Kier molecular flexibility index (Phi) is 6.23. The van der Waals surface area contributed by atoms with Crippen LogP contribution < -0.4 is 10.9 Å². The molecule has 0 aliphatic rings. The van der Waals surface area contributed by atoms with Gasteiger partial charge in [-0.1, -0.05) is 19.1 Å². The molecular weight excluding hydrogens is 377 g/mol. The van der Waals surface area contributed by atoms with E-state index in [0.29, 0.717) is 24.9 Å². The van der Waals surface area contributed by atoms with E-state index < -0.39 is 22.8 Å². The number of carbonyl (C=O) groups is 1. The minimum atomic E-state index is -0.759. The lowest BCUT2D eigenvalue weighted by atomic mass is 10.1. The number of hydrogen-bond acceptors (Lipinski definition) is 5. The van der Waals surface area contributed by atoms with E-state index in [0.717, 1.165) is 11.1 Å². The van der Waals surface area contributed by atoms with Crippen molar-refractivity contribution in [3.8, 4) is 5.75 Å². The number of aromatic hydroxyl groups is 1. The number of amides is 1. The molecule has 0 saturated heterocycles. The Balaban J connectivity index is 2.11. The third-order valence-corrected chi connectivity index (χ3v) is 4.53. The fraction of sp³-hybridized carbons (Fsp3) is 0.286. The van der Waals surface area contributed by atoms with Crippen molar-refractivity contribution < 1.29 is 19.4 Å². The van der Waals surface area contributed by atoms with Crippen LogP contribution in [-0.4, -0.2) is 38.8 Å². The number of aromatic nitrogens is 2. The third-order valence-electron chi connectivity index (χ3n) is 4.53. The number of aliphatic hydroxyl groups excluding tert-OH is 1. The Morgan fingerprint density at radius 1 is 1.24 bits per heavy atom. The molecule has 0 aliphatic heterocycles. The molecule has 0 bridgehead atoms. The lowest BCUT2D eigenvalue weighted by Gasteiger charge is -2.15. The van der Waals surface area contributed by atoms with Gasteiger partial charge < -0.3 is 20.1 Å². The van der Waals surface area contributed by atoms with Crippen LogP contribution in [0.3, 0.4) is 0 Å². The van der Waals surface area contributed by atoms with Crippen molar-refractivity contribution in [2.24, 2.45) is 0 Å². The molecule has 2 heterocycles. The summed E-state index contributed by atoms with van der Waals surface area (Å²) in [7, 11) is 0. The molecule has 0 saturated carbocycles. The average Bonchev–Trinajstić information content (AvgIpc) is 2.71. The van der Waals surface area contributed by atoms with Crippen molar-refractivity contribution in [2.75, 3.05) is 13.2 Å². The molecule has 7 nitrogen and oxygen atoms in total. The second-order valence-corrected chi connectivity index (χ2v) is 6.67. The monoisotopic (exact) mass is 399 g/mol. The highest BCUT2D eigenvalue weighted by atomic mass is 19.1. The molecule has 3 N–H and O–H groups in total. The second-order valence-electron chi connectivity index (χ2n) is 6.67. The molecule has 0 fully saturated rings. The van der Waals surface area contributed by atoms with Crippen LogP contribution in [0.1, 0.15) is 34.8 Å². The standard InChI is InChI=1S/C21H22FN3O4/c1-2-8-25-16-11-14(10-13-3-5-15(22)6-4-13)12-24-18(16)19(27)17(21(25)29)20(28)23-7-9-26/h3-6,11-12,26-27H,2,7-10H2,1H3,(H,23,28). The predicted molar refractivity (Wildman–Crippen MR) is 107 cm³/mol. The summed E-state index contributed by atoms with van der Waals surface area (Å²) in [5.41, 5.74) is 1.22. The summed E-state index contributed by atoms with van der Waals surface area (Å²) in [6.45, 7) is 1.92. The number of benzene rings is 1. The molecule has 0 unspecified atom stereocenters. The lowest BCUT2D eigenvalue weighted by molar-refractivity contribution is 0.0940. The first-order valence-electron chi connectivity index (χ1n) is 9.34. The van der Waals surface area contributed by atoms with E-state index in [-0.39, 0.29) is 24.5 Å². The summed E-state index contributed by atoms with van der Waals surface area (Å²) < 4.78 is 14.5. The van der Waals surface area contributed by atoms with Gasteiger partial charge in [0.05, 0.1) is 12.1 Å². The van der Waals surface area contributed by atoms with E-state index in [4.69, 9.17) is 5.11 Å². The highest BCUT2D eigenvalue weighted by molar-refractivity contribution is 6.01. The van der Waals surface area contributed by atoms with Gasteiger partial charge in [0.15, 0.2) is 5.75 Å². The molecule has 1 aromatic carbocycles. The molecule has 1 amide bonds. The van der Waals surface area contributed by atoms with Crippen LogP contribution in [0.15, 0.2) is 41.3 Å². The van der Waals surface area contributed by atoms with Gasteiger partial charge in [-0.2, -0.15) is 0 Å². The van der Waals surface area contributed by atoms with Crippen LogP contribution in [0.5, 0.6) is 5.75 Å². The molecule has 0 atom stereocenters. The molecule has 152 valence electrons. The van der Waals surface area contributed by atoms with Crippen LogP contribution in [0.4, 0.5) is 4.39 Å². The first-order valence-corrected chi connectivity index (χ1v) is 9.34. The largest absolute Gasteiger partial charge is 0.505 e. The topological polar surface area (TPSA) is 104 Å². The Morgan fingerprint density at radius 2 is 1.97 bits per heavy atom. The Morgan fingerprint density at radius 3 is 2.62 bits per heavy atom. The number of pyridine rings is 2. The zero-order valence-electron chi connectivity index (χ0n) is 16.0. The lowest BCUT2D eigenvalue weighted by Crippen LogP contribution is -2.34. The Hall–Kier alpha value is -3.26. The number of halogens is 1. The quantitative estimate of drug-likeness (QED) is 0.563. The van der Waals surface area contributed by atoms with Crippen LogP contribution in [-0.2, 0) is 13.0 Å². The maximum Gasteiger partial charge on any atom is 0.267 e. The van der Waals surface area contributed by atoms with E-state index >= 15 is 0 Å². The zero-order chi connectivity index (χ0) is 21.0. The zero-order valence-corrected chi connectivity index (χ0v) is 16.0. The molecule has 2 aromatic heterocycles. The van der Waals surface area contributed by atoms with E-state index in [1.165, 1.54) is 16.7 Å². The highest BCUT2D eigenvalue weighted by Crippen LogP contribution is 2.26. The van der Waals surface area contributed by atoms with Crippen LogP contribution in [0.25, 0.3) is 11.0 Å². The molecule has 0 spiro atoms. The Bertz CT molecular complexity index is 1090. The maximum atomic E-state index is 13.1. The first kappa shape index (κ1) is 20.5. The van der Waals surface area contributed by atoms with Gasteiger partial charge in [-0.25, -0.2) is 4.39 Å². The van der Waals surface area contributed by atoms with Crippen molar-refractivity contribution >= 4 is 16.9 Å². The van der Waals surface area contributed by atoms with Gasteiger partial charge in [-0.15, -0.1) is 0 Å². The summed E-state index contributed by atoms with van der Waals surface area (Å²) >= 11 is 0. The van der Waals surface area contributed by atoms with E-state index in [2.05, 4.69) is 10.3 Å². The highest BCUT2D eigenvalue weighted by Gasteiger charge is 2.23. The summed E-state index contributed by atoms with van der Waals surface area (Å²) in [6, 6.07) is 7.84. The minimum Gasteiger partial charge on any atom is -0.505 e. The summed E-state index contributed by atoms with van der Waals surface area (Å²) in [6.07, 6.45) is 2.67. The van der Waals surface area contributed by atoms with E-state index in [9.17, 15) is 19.1 Å².